The van der Waals surface area contributed by atoms with Crippen LogP contribution in [0.1, 0.15) is 58.2 Å². The molecule has 64 heavy (non-hydrogen) atoms. The highest BCUT2D eigenvalue weighted by molar-refractivity contribution is 7.00. The Hall–Kier alpha value is -7.12. The van der Waals surface area contributed by atoms with E-state index in [9.17, 15) is 0 Å². The average molecular weight is 837 g/mol. The first-order valence-electron chi connectivity index (χ1n) is 22.4. The van der Waals surface area contributed by atoms with Gasteiger partial charge in [0.25, 0.3) is 6.71 Å². The molecule has 9 aromatic rings. The van der Waals surface area contributed by atoms with E-state index in [2.05, 4.69) is 180 Å². The zero-order valence-electron chi connectivity index (χ0n) is 37.4. The summed E-state index contributed by atoms with van der Waals surface area (Å²) in [5.74, 6) is 3.17. The molecule has 0 spiro atoms. The molecule has 0 unspecified atom stereocenters. The number of hydrogen-bond donors (Lipinski definition) is 0. The van der Waals surface area contributed by atoms with Gasteiger partial charge >= 0.3 is 0 Å². The van der Waals surface area contributed by atoms with E-state index in [1.807, 2.05) is 24.3 Å². The van der Waals surface area contributed by atoms with Crippen LogP contribution < -0.4 is 35.7 Å². The van der Waals surface area contributed by atoms with E-state index in [4.69, 9.17) is 18.3 Å². The summed E-state index contributed by atoms with van der Waals surface area (Å²) >= 11 is 0. The molecule has 7 aromatic carbocycles. The fourth-order valence-electron chi connectivity index (χ4n) is 10.1. The monoisotopic (exact) mass is 836 g/mol. The van der Waals surface area contributed by atoms with Gasteiger partial charge in [-0.25, -0.2) is 0 Å². The molecule has 12 rings (SSSR count). The molecule has 0 atom stereocenters. The molecule has 3 aliphatic heterocycles. The van der Waals surface area contributed by atoms with Crippen molar-refractivity contribution in [2.24, 2.45) is 0 Å². The summed E-state index contributed by atoms with van der Waals surface area (Å²) in [6.07, 6.45) is 0. The molecule has 314 valence electrons. The molecule has 6 nitrogen and oxygen atoms in total. The Balaban J connectivity index is 1.15. The average Bonchev–Trinajstić information content (AvgIpc) is 3.93. The van der Waals surface area contributed by atoms with Crippen LogP contribution in [0.25, 0.3) is 44.6 Å². The largest absolute Gasteiger partial charge is 0.486 e. The highest BCUT2D eigenvalue weighted by Crippen LogP contribution is 2.49. The van der Waals surface area contributed by atoms with Gasteiger partial charge in [-0.05, 0) is 130 Å². The van der Waals surface area contributed by atoms with Crippen LogP contribution in [0.2, 0.25) is 0 Å². The van der Waals surface area contributed by atoms with Gasteiger partial charge in [0, 0.05) is 62.1 Å². The van der Waals surface area contributed by atoms with Gasteiger partial charge in [0.15, 0.2) is 11.5 Å². The number of aryl methyl sites for hydroxylation is 1. The number of furan rings is 2. The number of hydrogen-bond acceptors (Lipinski definition) is 6. The van der Waals surface area contributed by atoms with Crippen molar-refractivity contribution in [3.8, 4) is 34.1 Å². The van der Waals surface area contributed by atoms with Crippen molar-refractivity contribution < 1.29 is 18.3 Å². The third-order valence-corrected chi connectivity index (χ3v) is 13.3. The van der Waals surface area contributed by atoms with Gasteiger partial charge in [-0.2, -0.15) is 0 Å². The van der Waals surface area contributed by atoms with Crippen molar-refractivity contribution in [1.29, 1.82) is 0 Å². The topological polar surface area (TPSA) is 51.2 Å². The molecule has 5 heterocycles. The van der Waals surface area contributed by atoms with Gasteiger partial charge in [-0.1, -0.05) is 102 Å². The highest BCUT2D eigenvalue weighted by Gasteiger charge is 2.45. The lowest BCUT2D eigenvalue weighted by molar-refractivity contribution is 0.172. The van der Waals surface area contributed by atoms with Crippen LogP contribution in [0.15, 0.2) is 154 Å². The molecule has 0 N–H and O–H groups in total. The van der Waals surface area contributed by atoms with Crippen LogP contribution in [-0.4, -0.2) is 19.9 Å². The summed E-state index contributed by atoms with van der Waals surface area (Å²) in [4.78, 5) is 4.93. The quantitative estimate of drug-likeness (QED) is 0.165. The Morgan fingerprint density at radius 1 is 0.469 bits per heavy atom. The Labute approximate surface area is 374 Å². The third kappa shape index (κ3) is 6.16. The number of fused-ring (bicyclic) bond motifs is 7. The first-order chi connectivity index (χ1) is 30.9. The lowest BCUT2D eigenvalue weighted by Gasteiger charge is -2.45. The maximum atomic E-state index is 6.62. The van der Waals surface area contributed by atoms with Gasteiger partial charge in [0.2, 0.25) is 0 Å². The molecule has 0 amide bonds. The normalized spacial score (nSPS) is 14.2. The standard InChI is InChI=1S/C57H49BN2O4/c1-34-24-47-55-48(25-34)60(42-27-37(51-29-35-12-8-10-14-49(35)63-51)26-38(28-42)52-30-36-13-9-11-15-50(36)64-52)45-21-18-40(57(5,6)7)31-43(45)58(55)44-32-53-54(62-23-22-61-53)33-46(44)59(47)41-19-16-39(17-20-41)56(2,3)4/h8-21,24-33H,22-23H2,1-7H3. The minimum absolute atomic E-state index is 0.0172. The summed E-state index contributed by atoms with van der Waals surface area (Å²) < 4.78 is 25.9. The first-order valence-corrected chi connectivity index (χ1v) is 22.4. The molecule has 3 aliphatic rings. The molecule has 0 aliphatic carbocycles. The number of nitrogens with zero attached hydrogens (tertiary/aromatic N) is 2. The number of benzene rings is 7. The van der Waals surface area contributed by atoms with Crippen molar-refractivity contribution >= 4 is 79.2 Å². The van der Waals surface area contributed by atoms with Crippen LogP contribution in [0.5, 0.6) is 11.5 Å². The minimum Gasteiger partial charge on any atom is -0.486 e. The van der Waals surface area contributed by atoms with Crippen molar-refractivity contribution in [2.75, 3.05) is 23.0 Å². The second-order valence-electron chi connectivity index (χ2n) is 19.8. The van der Waals surface area contributed by atoms with E-state index < -0.39 is 0 Å². The first kappa shape index (κ1) is 38.6. The van der Waals surface area contributed by atoms with Crippen molar-refractivity contribution in [3.63, 3.8) is 0 Å². The van der Waals surface area contributed by atoms with Crippen LogP contribution >= 0.6 is 0 Å². The molecule has 7 heteroatoms. The molecular weight excluding hydrogens is 787 g/mol. The van der Waals surface area contributed by atoms with Crippen LogP contribution in [0.4, 0.5) is 34.1 Å². The second-order valence-corrected chi connectivity index (χ2v) is 19.8. The van der Waals surface area contributed by atoms with E-state index >= 15 is 0 Å². The number of para-hydroxylation sites is 2. The zero-order chi connectivity index (χ0) is 43.6. The number of rotatable bonds is 4. The summed E-state index contributed by atoms with van der Waals surface area (Å²) in [7, 11) is 0. The third-order valence-electron chi connectivity index (χ3n) is 13.3. The fraction of sp³-hybridized carbons (Fsp3) is 0.193. The maximum Gasteiger partial charge on any atom is 0.252 e. The van der Waals surface area contributed by atoms with E-state index in [-0.39, 0.29) is 17.5 Å². The molecule has 0 fully saturated rings. The number of anilines is 6. The van der Waals surface area contributed by atoms with Gasteiger partial charge in [0.05, 0.1) is 0 Å². The number of ether oxygens (including phenoxy) is 2. The molecule has 0 radical (unpaired) electrons. The Morgan fingerprint density at radius 2 is 1.00 bits per heavy atom. The lowest BCUT2D eigenvalue weighted by Crippen LogP contribution is -2.61. The predicted octanol–water partition coefficient (Wildman–Crippen LogP) is 13.3. The van der Waals surface area contributed by atoms with E-state index in [0.717, 1.165) is 95.8 Å². The summed E-state index contributed by atoms with van der Waals surface area (Å²) in [6, 6.07) is 52.9. The maximum absolute atomic E-state index is 6.62. The Bertz CT molecular complexity index is 3190. The molecular formula is C57H49BN2O4. The summed E-state index contributed by atoms with van der Waals surface area (Å²) in [5.41, 5.74) is 17.6. The van der Waals surface area contributed by atoms with E-state index in [1.54, 1.807) is 0 Å². The van der Waals surface area contributed by atoms with E-state index in [1.165, 1.54) is 27.5 Å². The van der Waals surface area contributed by atoms with Crippen molar-refractivity contribution in [2.45, 2.75) is 59.3 Å². The molecule has 2 aromatic heterocycles. The zero-order valence-corrected chi connectivity index (χ0v) is 37.4. The van der Waals surface area contributed by atoms with Crippen LogP contribution in [0.3, 0.4) is 0 Å². The van der Waals surface area contributed by atoms with Gasteiger partial charge in [-0.3, -0.25) is 0 Å². The summed E-state index contributed by atoms with van der Waals surface area (Å²) in [5, 5.41) is 2.13. The second kappa shape index (κ2) is 13.9. The SMILES string of the molecule is Cc1cc2c3c(c1)N(c1ccc(C(C)(C)C)cc1)c1cc4c(cc1B3c1cc(C(C)(C)C)ccc1N2c1cc(-c2cc3ccccc3o2)cc(-c2cc3ccccc3o2)c1)OCCO4. The Morgan fingerprint density at radius 3 is 1.58 bits per heavy atom. The lowest BCUT2D eigenvalue weighted by atomic mass is 9.33. The highest BCUT2D eigenvalue weighted by atomic mass is 16.6. The molecule has 0 bridgehead atoms. The van der Waals surface area contributed by atoms with Gasteiger partial charge in [-0.15, -0.1) is 0 Å². The fourth-order valence-corrected chi connectivity index (χ4v) is 10.1. The molecule has 0 saturated carbocycles. The van der Waals surface area contributed by atoms with Crippen LogP contribution in [0, 0.1) is 6.92 Å². The minimum atomic E-state index is -0.0940. The smallest absolute Gasteiger partial charge is 0.252 e. The van der Waals surface area contributed by atoms with Gasteiger partial charge < -0.3 is 28.1 Å². The van der Waals surface area contributed by atoms with Crippen LogP contribution in [-0.2, 0) is 10.8 Å². The van der Waals surface area contributed by atoms with Crippen molar-refractivity contribution in [1.82, 2.24) is 0 Å². The predicted molar refractivity (Wildman–Crippen MR) is 264 cm³/mol. The van der Waals surface area contributed by atoms with Gasteiger partial charge in [0.1, 0.15) is 35.9 Å². The van der Waals surface area contributed by atoms with Crippen molar-refractivity contribution in [3.05, 3.63) is 162 Å². The van der Waals surface area contributed by atoms with E-state index in [0.29, 0.717) is 13.2 Å². The Kier molecular flexibility index (Phi) is 8.40. The molecule has 0 saturated heterocycles. The summed E-state index contributed by atoms with van der Waals surface area (Å²) in [6.45, 7) is 16.9.